The third-order valence-electron chi connectivity index (χ3n) is 8.49. The summed E-state index contributed by atoms with van der Waals surface area (Å²) in [5, 5.41) is 24.9. The zero-order valence-electron chi connectivity index (χ0n) is 27.3. The van der Waals surface area contributed by atoms with Crippen molar-refractivity contribution in [2.24, 2.45) is 0 Å². The van der Waals surface area contributed by atoms with E-state index >= 15 is 0 Å². The van der Waals surface area contributed by atoms with Crippen molar-refractivity contribution in [3.8, 4) is 11.4 Å². The largest absolute Gasteiger partial charge is 0.238 e. The van der Waals surface area contributed by atoms with Crippen LogP contribution in [-0.2, 0) is 13.1 Å². The minimum absolute atomic E-state index is 0.556. The summed E-state index contributed by atoms with van der Waals surface area (Å²) >= 11 is 0. The Bertz CT molecular complexity index is 2020. The zero-order valence-corrected chi connectivity index (χ0v) is 29.1. The molecule has 0 bridgehead atoms. The monoisotopic (exact) mass is 684 g/mol. The van der Waals surface area contributed by atoms with Crippen molar-refractivity contribution in [3.05, 3.63) is 193 Å². The maximum Gasteiger partial charge on any atom is 0.124 e. The van der Waals surface area contributed by atoms with Gasteiger partial charge in [0.2, 0.25) is 0 Å². The summed E-state index contributed by atoms with van der Waals surface area (Å²) < 4.78 is 4.14. The van der Waals surface area contributed by atoms with Crippen LogP contribution in [0.15, 0.2) is 182 Å². The molecule has 0 fully saturated rings. The fourth-order valence-electron chi connectivity index (χ4n) is 6.19. The van der Waals surface area contributed by atoms with Gasteiger partial charge >= 0.3 is 0 Å². The molecular weight excluding hydrogens is 650 g/mol. The Morgan fingerprint density at radius 1 is 0.340 bits per heavy atom. The van der Waals surface area contributed by atoms with Crippen LogP contribution in [0.2, 0.25) is 0 Å². The number of hydrogen-bond donors (Lipinski definition) is 0. The first kappa shape index (κ1) is 31.7. The van der Waals surface area contributed by atoms with Gasteiger partial charge in [0.05, 0.1) is 13.1 Å². The molecule has 8 heteroatoms. The van der Waals surface area contributed by atoms with Crippen molar-refractivity contribution in [2.75, 3.05) is 0 Å². The molecule has 6 nitrogen and oxygen atoms in total. The predicted octanol–water partition coefficient (Wildman–Crippen LogP) is 6.15. The van der Waals surface area contributed by atoms with E-state index in [0.717, 1.165) is 33.4 Å². The maximum absolute atomic E-state index is 5.10. The average molecular weight is 685 g/mol. The molecule has 0 aliphatic rings. The summed E-state index contributed by atoms with van der Waals surface area (Å²) in [7, 11) is -2.19. The molecular formula is C42H34N6P2. The van der Waals surface area contributed by atoms with Gasteiger partial charge in [0.25, 0.3) is 0 Å². The minimum atomic E-state index is -1.09. The quantitative estimate of drug-likeness (QED) is 0.154. The van der Waals surface area contributed by atoms with Gasteiger partial charge in [0.15, 0.2) is 0 Å². The van der Waals surface area contributed by atoms with Crippen LogP contribution in [0.1, 0.15) is 11.1 Å². The lowest BCUT2D eigenvalue weighted by Crippen LogP contribution is -2.28. The van der Waals surface area contributed by atoms with E-state index < -0.39 is 15.8 Å². The summed E-state index contributed by atoms with van der Waals surface area (Å²) in [4.78, 5) is 0. The summed E-state index contributed by atoms with van der Waals surface area (Å²) in [5.74, 6) is 0. The lowest BCUT2D eigenvalue weighted by molar-refractivity contribution is 0.630. The second-order valence-electron chi connectivity index (χ2n) is 11.8. The van der Waals surface area contributed by atoms with E-state index in [2.05, 4.69) is 179 Å². The molecule has 0 spiro atoms. The van der Waals surface area contributed by atoms with Gasteiger partial charge in [-0.2, -0.15) is 0 Å². The Morgan fingerprint density at radius 3 is 0.880 bits per heavy atom. The van der Waals surface area contributed by atoms with Crippen LogP contribution in [0, 0.1) is 0 Å². The van der Waals surface area contributed by atoms with Crippen LogP contribution in [0.3, 0.4) is 0 Å². The van der Waals surface area contributed by atoms with Gasteiger partial charge in [-0.05, 0) is 32.3 Å². The molecule has 2 aromatic heterocycles. The summed E-state index contributed by atoms with van der Waals surface area (Å²) in [6.45, 7) is 1.11. The fraction of sp³-hybridized carbons (Fsp3) is 0.0476. The number of benzene rings is 6. The first-order valence-electron chi connectivity index (χ1n) is 16.6. The maximum atomic E-state index is 5.10. The smallest absolute Gasteiger partial charge is 0.124 e. The third-order valence-corrected chi connectivity index (χ3v) is 13.2. The number of rotatable bonds is 11. The van der Waals surface area contributed by atoms with Crippen molar-refractivity contribution >= 4 is 47.9 Å². The molecule has 8 aromatic rings. The van der Waals surface area contributed by atoms with Gasteiger partial charge in [0.1, 0.15) is 22.3 Å². The lowest BCUT2D eigenvalue weighted by Gasteiger charge is -2.22. The van der Waals surface area contributed by atoms with Crippen LogP contribution in [0.5, 0.6) is 0 Å². The molecule has 0 atom stereocenters. The first-order valence-corrected chi connectivity index (χ1v) is 19.3. The summed E-state index contributed by atoms with van der Waals surface area (Å²) in [6.07, 6.45) is 0. The highest BCUT2D eigenvalue weighted by molar-refractivity contribution is 7.80. The highest BCUT2D eigenvalue weighted by Crippen LogP contribution is 2.40. The van der Waals surface area contributed by atoms with E-state index in [1.54, 1.807) is 0 Å². The van der Waals surface area contributed by atoms with Gasteiger partial charge in [-0.15, -0.1) is 10.2 Å². The van der Waals surface area contributed by atoms with Crippen LogP contribution in [0.4, 0.5) is 0 Å². The van der Waals surface area contributed by atoms with E-state index in [-0.39, 0.29) is 0 Å². The molecule has 6 aromatic carbocycles. The van der Waals surface area contributed by atoms with Gasteiger partial charge in [-0.25, -0.2) is 9.36 Å². The SMILES string of the molecule is c1ccc(Cn2nnc(P(c3ccccc3)c3ccccc3)c2-c2c(P(c3ccccc3)c3ccccc3)nnn2Cc2ccccc2)cc1. The summed E-state index contributed by atoms with van der Waals surface area (Å²) in [5.41, 5.74) is 6.05. The van der Waals surface area contributed by atoms with Crippen molar-refractivity contribution in [2.45, 2.75) is 13.1 Å². The van der Waals surface area contributed by atoms with Gasteiger partial charge in [-0.1, -0.05) is 192 Å². The molecule has 2 heterocycles. The Labute approximate surface area is 294 Å². The van der Waals surface area contributed by atoms with Crippen LogP contribution in [-0.4, -0.2) is 30.0 Å². The highest BCUT2D eigenvalue weighted by atomic mass is 31.1. The molecule has 0 unspecified atom stereocenters. The molecule has 0 N–H and O–H groups in total. The number of nitrogens with zero attached hydrogens (tertiary/aromatic N) is 6. The molecule has 0 aliphatic carbocycles. The first-order chi connectivity index (χ1) is 24.8. The molecule has 0 radical (unpaired) electrons. The molecule has 0 saturated heterocycles. The van der Waals surface area contributed by atoms with Gasteiger partial charge < -0.3 is 0 Å². The van der Waals surface area contributed by atoms with Crippen LogP contribution >= 0.6 is 15.8 Å². The van der Waals surface area contributed by atoms with Crippen molar-refractivity contribution in [1.82, 2.24) is 30.0 Å². The molecule has 0 saturated carbocycles. The second kappa shape index (κ2) is 14.9. The van der Waals surface area contributed by atoms with Gasteiger partial charge in [-0.3, -0.25) is 0 Å². The fourth-order valence-corrected chi connectivity index (χ4v) is 10.8. The van der Waals surface area contributed by atoms with Crippen LogP contribution < -0.4 is 32.1 Å². The molecule has 8 rings (SSSR count). The third kappa shape index (κ3) is 6.69. The Kier molecular flexibility index (Phi) is 9.46. The van der Waals surface area contributed by atoms with E-state index in [4.69, 9.17) is 20.6 Å². The Hall–Kier alpha value is -5.54. The van der Waals surface area contributed by atoms with Crippen molar-refractivity contribution < 1.29 is 0 Å². The van der Waals surface area contributed by atoms with E-state index in [9.17, 15) is 0 Å². The molecule has 242 valence electrons. The molecule has 0 aliphatic heterocycles. The van der Waals surface area contributed by atoms with E-state index in [1.165, 1.54) is 21.2 Å². The van der Waals surface area contributed by atoms with E-state index in [1.807, 2.05) is 12.1 Å². The minimum Gasteiger partial charge on any atom is -0.238 e. The zero-order chi connectivity index (χ0) is 33.5. The Morgan fingerprint density at radius 2 is 0.600 bits per heavy atom. The Balaban J connectivity index is 1.43. The van der Waals surface area contributed by atoms with Crippen molar-refractivity contribution in [1.29, 1.82) is 0 Å². The molecule has 0 amide bonds. The van der Waals surface area contributed by atoms with E-state index in [0.29, 0.717) is 13.1 Å². The van der Waals surface area contributed by atoms with Crippen LogP contribution in [0.25, 0.3) is 11.4 Å². The summed E-state index contributed by atoms with van der Waals surface area (Å²) in [6, 6.07) is 63.8. The van der Waals surface area contributed by atoms with Gasteiger partial charge in [0, 0.05) is 15.8 Å². The number of aromatic nitrogens is 6. The predicted molar refractivity (Wildman–Crippen MR) is 208 cm³/mol. The average Bonchev–Trinajstić information content (AvgIpc) is 3.77. The normalized spacial score (nSPS) is 11.3. The molecule has 50 heavy (non-hydrogen) atoms. The lowest BCUT2D eigenvalue weighted by atomic mass is 10.2. The topological polar surface area (TPSA) is 61.4 Å². The standard InChI is InChI=1S/C42H34N6P2/c1-7-19-33(20-8-1)31-47-39(41(43-45-47)49(35-23-11-3-12-24-35)36-25-13-4-14-26-36)40-42(44-46-48(40)32-34-21-9-2-10-22-34)50(37-27-15-5-16-28-37)38-29-17-6-18-30-38/h1-30H,31-32H2. The highest BCUT2D eigenvalue weighted by Gasteiger charge is 2.34. The van der Waals surface area contributed by atoms with Crippen molar-refractivity contribution in [3.63, 3.8) is 0 Å². The number of hydrogen-bond acceptors (Lipinski definition) is 4. The second-order valence-corrected chi connectivity index (χ2v) is 16.1.